The average molecular weight is 253 g/mol. The van der Waals surface area contributed by atoms with Crippen molar-refractivity contribution >= 4 is 17.2 Å². The number of rotatable bonds is 4. The Morgan fingerprint density at radius 1 is 1.35 bits per heavy atom. The van der Waals surface area contributed by atoms with Gasteiger partial charge in [-0.2, -0.15) is 0 Å². The third kappa shape index (κ3) is 2.06. The van der Waals surface area contributed by atoms with Gasteiger partial charge >= 0.3 is 0 Å². The van der Waals surface area contributed by atoms with E-state index in [1.165, 1.54) is 16.9 Å². The van der Waals surface area contributed by atoms with E-state index in [1.54, 1.807) is 18.4 Å². The lowest BCUT2D eigenvalue weighted by molar-refractivity contribution is 0.0774. The summed E-state index contributed by atoms with van der Waals surface area (Å²) in [5.41, 5.74) is 1.27. The third-order valence-electron chi connectivity index (χ3n) is 3.32. The molecule has 0 radical (unpaired) electrons. The maximum atomic E-state index is 12.3. The number of nitrogens with zero attached hydrogens (tertiary/aromatic N) is 1. The summed E-state index contributed by atoms with van der Waals surface area (Å²) in [6, 6.07) is 0. The second kappa shape index (κ2) is 5.08. The summed E-state index contributed by atoms with van der Waals surface area (Å²) in [6.45, 7) is 5.52. The second-order valence-electron chi connectivity index (χ2n) is 4.20. The van der Waals surface area contributed by atoms with Gasteiger partial charge in [0.15, 0.2) is 0 Å². The number of thiophene rings is 1. The Balaban J connectivity index is 2.35. The van der Waals surface area contributed by atoms with E-state index in [-0.39, 0.29) is 5.91 Å². The smallest absolute Gasteiger partial charge is 0.267 e. The van der Waals surface area contributed by atoms with Crippen LogP contribution in [0.5, 0.6) is 5.75 Å². The molecule has 0 unspecified atom stereocenters. The van der Waals surface area contributed by atoms with Crippen LogP contribution in [0.3, 0.4) is 0 Å². The number of aryl methyl sites for hydroxylation is 1. The molecule has 1 amide bonds. The summed E-state index contributed by atoms with van der Waals surface area (Å²) in [6.07, 6.45) is 3.35. The van der Waals surface area contributed by atoms with E-state index in [0.717, 1.165) is 36.6 Å². The third-order valence-corrected chi connectivity index (χ3v) is 4.58. The molecule has 0 fully saturated rings. The molecule has 1 heterocycles. The highest BCUT2D eigenvalue weighted by atomic mass is 32.1. The van der Waals surface area contributed by atoms with Crippen molar-refractivity contribution in [3.63, 3.8) is 0 Å². The van der Waals surface area contributed by atoms with Crippen LogP contribution < -0.4 is 4.74 Å². The Kier molecular flexibility index (Phi) is 3.72. The lowest BCUT2D eigenvalue weighted by Crippen LogP contribution is -2.30. The van der Waals surface area contributed by atoms with Gasteiger partial charge < -0.3 is 9.64 Å². The van der Waals surface area contributed by atoms with Crippen molar-refractivity contribution in [1.29, 1.82) is 0 Å². The second-order valence-corrected chi connectivity index (χ2v) is 5.30. The highest BCUT2D eigenvalue weighted by molar-refractivity contribution is 7.14. The van der Waals surface area contributed by atoms with Gasteiger partial charge in [-0.1, -0.05) is 0 Å². The normalized spacial score (nSPS) is 13.6. The fourth-order valence-electron chi connectivity index (χ4n) is 2.39. The van der Waals surface area contributed by atoms with Gasteiger partial charge in [-0.3, -0.25) is 4.79 Å². The quantitative estimate of drug-likeness (QED) is 0.825. The minimum absolute atomic E-state index is 0.117. The molecule has 17 heavy (non-hydrogen) atoms. The summed E-state index contributed by atoms with van der Waals surface area (Å²) in [5.74, 6) is 0.950. The van der Waals surface area contributed by atoms with Crippen LogP contribution in [0.2, 0.25) is 0 Å². The predicted octanol–water partition coefficient (Wildman–Crippen LogP) is 2.73. The summed E-state index contributed by atoms with van der Waals surface area (Å²) >= 11 is 1.62. The largest absolute Gasteiger partial charge is 0.495 e. The van der Waals surface area contributed by atoms with Gasteiger partial charge in [0.2, 0.25) is 0 Å². The maximum Gasteiger partial charge on any atom is 0.267 e. The first-order valence-corrected chi connectivity index (χ1v) is 7.02. The standard InChI is InChI=1S/C13H19NO2S/c1-4-14(5-2)13(15)12-11(16-3)9-7-6-8-10(9)17-12/h4-8H2,1-3H3. The van der Waals surface area contributed by atoms with E-state index in [0.29, 0.717) is 0 Å². The molecule has 1 aliphatic carbocycles. The Hall–Kier alpha value is -1.03. The van der Waals surface area contributed by atoms with Crippen molar-refractivity contribution in [1.82, 2.24) is 4.90 Å². The van der Waals surface area contributed by atoms with Crippen molar-refractivity contribution < 1.29 is 9.53 Å². The van der Waals surface area contributed by atoms with Crippen LogP contribution >= 0.6 is 11.3 Å². The first-order valence-electron chi connectivity index (χ1n) is 6.20. The molecule has 0 atom stereocenters. The van der Waals surface area contributed by atoms with Gasteiger partial charge in [-0.15, -0.1) is 11.3 Å². The summed E-state index contributed by atoms with van der Waals surface area (Å²) in [4.78, 5) is 16.3. The summed E-state index contributed by atoms with van der Waals surface area (Å²) in [5, 5.41) is 0. The molecular formula is C13H19NO2S. The highest BCUT2D eigenvalue weighted by Crippen LogP contribution is 2.41. The molecule has 0 saturated carbocycles. The van der Waals surface area contributed by atoms with Gasteiger partial charge in [0.25, 0.3) is 5.91 Å². The first kappa shape index (κ1) is 12.4. The minimum Gasteiger partial charge on any atom is -0.495 e. The van der Waals surface area contributed by atoms with Crippen LogP contribution in [0, 0.1) is 0 Å². The van der Waals surface area contributed by atoms with Crippen LogP contribution in [0.1, 0.15) is 40.4 Å². The van der Waals surface area contributed by atoms with E-state index in [9.17, 15) is 4.79 Å². The first-order chi connectivity index (χ1) is 8.22. The van der Waals surface area contributed by atoms with Crippen molar-refractivity contribution in [3.05, 3.63) is 15.3 Å². The zero-order valence-corrected chi connectivity index (χ0v) is 11.5. The molecular weight excluding hydrogens is 234 g/mol. The van der Waals surface area contributed by atoms with Crippen LogP contribution in [-0.2, 0) is 12.8 Å². The molecule has 1 aromatic rings. The molecule has 1 aromatic heterocycles. The van der Waals surface area contributed by atoms with Crippen molar-refractivity contribution in [3.8, 4) is 5.75 Å². The van der Waals surface area contributed by atoms with Crippen LogP contribution in [0.4, 0.5) is 0 Å². The van der Waals surface area contributed by atoms with E-state index < -0.39 is 0 Å². The number of ether oxygens (including phenoxy) is 1. The van der Waals surface area contributed by atoms with E-state index in [1.807, 2.05) is 18.7 Å². The van der Waals surface area contributed by atoms with Gasteiger partial charge in [0.05, 0.1) is 7.11 Å². The van der Waals surface area contributed by atoms with Crippen molar-refractivity contribution in [2.75, 3.05) is 20.2 Å². The van der Waals surface area contributed by atoms with E-state index in [4.69, 9.17) is 4.74 Å². The Labute approximate surface area is 106 Å². The number of methoxy groups -OCH3 is 1. The molecule has 0 aromatic carbocycles. The summed E-state index contributed by atoms with van der Waals surface area (Å²) in [7, 11) is 1.67. The van der Waals surface area contributed by atoms with Crippen LogP contribution in [0.15, 0.2) is 0 Å². The number of amides is 1. The number of hydrogen-bond acceptors (Lipinski definition) is 3. The molecule has 4 heteroatoms. The Morgan fingerprint density at radius 2 is 2.06 bits per heavy atom. The van der Waals surface area contributed by atoms with Crippen molar-refractivity contribution in [2.45, 2.75) is 33.1 Å². The highest BCUT2D eigenvalue weighted by Gasteiger charge is 2.28. The molecule has 0 N–H and O–H groups in total. The Morgan fingerprint density at radius 3 is 2.65 bits per heavy atom. The zero-order valence-electron chi connectivity index (χ0n) is 10.7. The minimum atomic E-state index is 0.117. The molecule has 0 spiro atoms. The SMILES string of the molecule is CCN(CC)C(=O)c1sc2c(c1OC)CCC2. The average Bonchev–Trinajstić information content (AvgIpc) is 2.89. The number of carbonyl (C=O) groups excluding carboxylic acids is 1. The zero-order chi connectivity index (χ0) is 12.4. The number of fused-ring (bicyclic) bond motifs is 1. The fraction of sp³-hybridized carbons (Fsp3) is 0.615. The van der Waals surface area contributed by atoms with Gasteiger partial charge in [0.1, 0.15) is 10.6 Å². The number of carbonyl (C=O) groups is 1. The summed E-state index contributed by atoms with van der Waals surface area (Å²) < 4.78 is 5.45. The molecule has 2 rings (SSSR count). The van der Waals surface area contributed by atoms with Crippen LogP contribution in [0.25, 0.3) is 0 Å². The lowest BCUT2D eigenvalue weighted by atomic mass is 10.2. The van der Waals surface area contributed by atoms with Gasteiger partial charge in [-0.05, 0) is 33.1 Å². The fourth-order valence-corrected chi connectivity index (χ4v) is 3.71. The molecule has 0 bridgehead atoms. The maximum absolute atomic E-state index is 12.3. The predicted molar refractivity (Wildman–Crippen MR) is 70.1 cm³/mol. The topological polar surface area (TPSA) is 29.5 Å². The molecule has 94 valence electrons. The molecule has 0 saturated heterocycles. The molecule has 3 nitrogen and oxygen atoms in total. The Bertz CT molecular complexity index is 421. The van der Waals surface area contributed by atoms with Crippen LogP contribution in [-0.4, -0.2) is 31.0 Å². The van der Waals surface area contributed by atoms with E-state index in [2.05, 4.69) is 0 Å². The van der Waals surface area contributed by atoms with E-state index >= 15 is 0 Å². The van der Waals surface area contributed by atoms with Crippen molar-refractivity contribution in [2.24, 2.45) is 0 Å². The van der Waals surface area contributed by atoms with Gasteiger partial charge in [0, 0.05) is 23.5 Å². The van der Waals surface area contributed by atoms with Gasteiger partial charge in [-0.25, -0.2) is 0 Å². The monoisotopic (exact) mass is 253 g/mol. The lowest BCUT2D eigenvalue weighted by Gasteiger charge is -2.18. The molecule has 0 aliphatic heterocycles. The molecule has 1 aliphatic rings. The number of hydrogen-bond donors (Lipinski definition) is 0.